The largest absolute Gasteiger partial charge is 1.00 e. The summed E-state index contributed by atoms with van der Waals surface area (Å²) in [5.41, 5.74) is 23.1. The third-order valence-corrected chi connectivity index (χ3v) is 12.9. The SMILES string of the molecule is C[Si](C)(C)Cl.Cc1[c-]c(C)ccc1.Cc1cc(C)cc(C)c1.Cc1ccc(C)c(C)c1.Cc1cccc(C)c1.Cc1cccc(C)c1.Cc1cccc(C)c1C.Cc1cccc(C)c1[Si](C)(C)C.[H-].[Li+]. The molecule has 0 saturated heterocycles. The van der Waals surface area contributed by atoms with Gasteiger partial charge in [-0.1, -0.05) is 235 Å². The van der Waals surface area contributed by atoms with E-state index < -0.39 is 15.5 Å². The van der Waals surface area contributed by atoms with Crippen molar-refractivity contribution in [1.29, 1.82) is 0 Å². The van der Waals surface area contributed by atoms with E-state index in [1.807, 2.05) is 32.0 Å². The molecule has 0 fully saturated rings. The Balaban J connectivity index is -0.000000736. The van der Waals surface area contributed by atoms with E-state index in [1.54, 1.807) is 5.19 Å². The van der Waals surface area contributed by atoms with Gasteiger partial charge in [0.25, 0.3) is 0 Å². The number of aryl methyl sites for hydroxylation is 16. The van der Waals surface area contributed by atoms with Crippen molar-refractivity contribution in [1.82, 2.24) is 0 Å². The van der Waals surface area contributed by atoms with Gasteiger partial charge in [-0.3, -0.25) is 0 Å². The van der Waals surface area contributed by atoms with Crippen LogP contribution in [0.3, 0.4) is 0 Å². The Hall–Kier alpha value is -4.14. The predicted molar refractivity (Wildman–Crippen MR) is 318 cm³/mol. The number of benzene rings is 7. The molecule has 0 amide bonds. The van der Waals surface area contributed by atoms with Gasteiger partial charge in [0.15, 0.2) is 0 Å². The summed E-state index contributed by atoms with van der Waals surface area (Å²) in [7, 11) is -2.26. The van der Waals surface area contributed by atoms with Crippen molar-refractivity contribution in [2.45, 2.75) is 157 Å². The maximum absolute atomic E-state index is 5.67. The van der Waals surface area contributed by atoms with Crippen molar-refractivity contribution in [2.75, 3.05) is 0 Å². The zero-order valence-corrected chi connectivity index (χ0v) is 50.9. The van der Waals surface area contributed by atoms with Gasteiger partial charge >= 0.3 is 18.9 Å². The molecule has 7 aromatic carbocycles. The van der Waals surface area contributed by atoms with Crippen molar-refractivity contribution in [3.63, 3.8) is 0 Å². The van der Waals surface area contributed by atoms with E-state index >= 15 is 0 Å². The standard InChI is InChI=1S/C11H18Si.3C9H12.2C8H10.C8H9.C3H9ClSi.Li.H/c1-9-7-6-8-10(2)11(9)12(3,4)5;1-7-4-8(2)6-9(3)5-7;1-7-4-5-8(2)9(3)6-7;1-7-5-4-6-8(2)9(7)3;3*1-7-4-3-5-8(2)6-7;1-5(2,3)4;;/h6-8H,1-5H3;3*4-6H,1-3H3;2*3-6H,1-2H3;3-5H,1-2H3;1-3H3;;/q;;;;;;-1;;+1;-1. The zero-order valence-electron chi connectivity index (χ0n) is 49.2. The average molecular weight is 973 g/mol. The molecule has 0 heterocycles. The fourth-order valence-electron chi connectivity index (χ4n) is 7.33. The van der Waals surface area contributed by atoms with Crippen LogP contribution in [0.5, 0.6) is 0 Å². The minimum absolute atomic E-state index is 0. The van der Waals surface area contributed by atoms with Crippen molar-refractivity contribution in [2.24, 2.45) is 0 Å². The Kier molecular flexibility index (Phi) is 33.2. The maximum Gasteiger partial charge on any atom is 1.00 e. The number of halogens is 1. The minimum atomic E-state index is -1.14. The molecule has 0 aliphatic carbocycles. The first kappa shape index (κ1) is 66.9. The Morgan fingerprint density at radius 1 is 0.319 bits per heavy atom. The average Bonchev–Trinajstić information content (AvgIpc) is 3.18. The molecule has 69 heavy (non-hydrogen) atoms. The van der Waals surface area contributed by atoms with Crippen LogP contribution in [-0.2, 0) is 0 Å². The number of rotatable bonds is 1. The third kappa shape index (κ3) is 33.9. The molecule has 7 rings (SSSR count). The summed E-state index contributed by atoms with van der Waals surface area (Å²) in [5, 5.41) is 1.63. The van der Waals surface area contributed by atoms with Crippen LogP contribution >= 0.6 is 11.1 Å². The van der Waals surface area contributed by atoms with Crippen LogP contribution in [0.25, 0.3) is 0 Å². The van der Waals surface area contributed by atoms with E-state index in [-0.39, 0.29) is 20.3 Å². The van der Waals surface area contributed by atoms with Gasteiger partial charge in [0.05, 0.1) is 8.07 Å². The van der Waals surface area contributed by atoms with E-state index in [0.29, 0.717) is 0 Å². The molecule has 0 radical (unpaired) electrons. The van der Waals surface area contributed by atoms with Gasteiger partial charge in [-0.15, -0.1) is 0 Å². The summed E-state index contributed by atoms with van der Waals surface area (Å²) in [6.45, 7) is 49.7. The van der Waals surface area contributed by atoms with Crippen LogP contribution in [0, 0.1) is 124 Å². The molecular weight excluding hydrogens is 879 g/mol. The quantitative estimate of drug-likeness (QED) is 0.0874. The summed E-state index contributed by atoms with van der Waals surface area (Å²) in [5.74, 6) is 0. The number of hydrogen-bond donors (Lipinski definition) is 0. The molecule has 0 spiro atoms. The molecule has 0 saturated carbocycles. The second kappa shape index (κ2) is 34.2. The summed E-state index contributed by atoms with van der Waals surface area (Å²) in [6, 6.07) is 52.2. The van der Waals surface area contributed by atoms with Crippen LogP contribution in [0.4, 0.5) is 0 Å². The first-order chi connectivity index (χ1) is 31.4. The van der Waals surface area contributed by atoms with E-state index in [2.05, 4.69) is 271 Å². The molecule has 0 atom stereocenters. The van der Waals surface area contributed by atoms with E-state index in [4.69, 9.17) is 11.1 Å². The molecule has 7 aromatic rings. The summed E-state index contributed by atoms with van der Waals surface area (Å²) < 4.78 is 0. The van der Waals surface area contributed by atoms with Crippen LogP contribution in [0.2, 0.25) is 39.3 Å². The van der Waals surface area contributed by atoms with Crippen LogP contribution < -0.4 is 24.0 Å². The molecule has 0 aromatic heterocycles. The van der Waals surface area contributed by atoms with Gasteiger partial charge in [-0.05, 0) is 132 Å². The Morgan fingerprint density at radius 3 is 0.812 bits per heavy atom. The molecule has 4 heteroatoms. The van der Waals surface area contributed by atoms with Crippen molar-refractivity contribution in [3.8, 4) is 0 Å². The van der Waals surface area contributed by atoms with Gasteiger partial charge < -0.3 is 1.43 Å². The van der Waals surface area contributed by atoms with Crippen molar-refractivity contribution in [3.05, 3.63) is 240 Å². The summed E-state index contributed by atoms with van der Waals surface area (Å²) >= 11 is 5.67. The Labute approximate surface area is 446 Å². The van der Waals surface area contributed by atoms with Gasteiger partial charge in [-0.2, -0.15) is 46.5 Å². The van der Waals surface area contributed by atoms with Gasteiger partial charge in [0.2, 0.25) is 0 Å². The second-order valence-electron chi connectivity index (χ2n) is 20.7. The van der Waals surface area contributed by atoms with E-state index in [0.717, 1.165) is 0 Å². The maximum atomic E-state index is 5.67. The van der Waals surface area contributed by atoms with Gasteiger partial charge in [0.1, 0.15) is 7.38 Å². The molecule has 0 bridgehead atoms. The van der Waals surface area contributed by atoms with Crippen LogP contribution in [-0.4, -0.2) is 15.5 Å². The van der Waals surface area contributed by atoms with Crippen LogP contribution in [0.1, 0.15) is 96.0 Å². The normalized spacial score (nSPS) is 9.91. The first-order valence-corrected chi connectivity index (χ1v) is 32.3. The fraction of sp³-hybridized carbons (Fsp3) is 0.354. The molecule has 370 valence electrons. The summed E-state index contributed by atoms with van der Waals surface area (Å²) in [4.78, 5) is 0. The number of hydrogen-bond acceptors (Lipinski definition) is 0. The molecule has 0 nitrogen and oxygen atoms in total. The van der Waals surface area contributed by atoms with Crippen molar-refractivity contribution < 1.29 is 20.3 Å². The van der Waals surface area contributed by atoms with E-state index in [9.17, 15) is 0 Å². The predicted octanol–water partition coefficient (Wildman–Crippen LogP) is 16.6. The smallest absolute Gasteiger partial charge is 1.00 e. The Morgan fingerprint density at radius 2 is 0.594 bits per heavy atom. The minimum Gasteiger partial charge on any atom is -1.00 e. The molecular formula is C65H93ClLiSi2-. The van der Waals surface area contributed by atoms with Gasteiger partial charge in [-0.25, -0.2) is 0 Å². The monoisotopic (exact) mass is 972 g/mol. The van der Waals surface area contributed by atoms with Crippen LogP contribution in [0.15, 0.2) is 140 Å². The molecule has 0 aliphatic rings. The molecule has 0 aliphatic heterocycles. The van der Waals surface area contributed by atoms with Crippen molar-refractivity contribution >= 4 is 31.7 Å². The Bertz CT molecular complexity index is 2270. The molecule has 0 unspecified atom stereocenters. The topological polar surface area (TPSA) is 0 Å². The first-order valence-electron chi connectivity index (χ1n) is 24.3. The molecule has 0 N–H and O–H groups in total. The second-order valence-corrected chi connectivity index (χ2v) is 33.2. The zero-order chi connectivity index (χ0) is 52.4. The van der Waals surface area contributed by atoms with Gasteiger partial charge in [0, 0.05) is 0 Å². The van der Waals surface area contributed by atoms with E-state index in [1.165, 1.54) is 94.6 Å². The summed E-state index contributed by atoms with van der Waals surface area (Å²) in [6.07, 6.45) is 0. The fourth-order valence-corrected chi connectivity index (χ4v) is 9.87. The third-order valence-electron chi connectivity index (χ3n) is 10.6.